The number of phosphoric acid groups is 1. The molecule has 0 saturated heterocycles. The van der Waals surface area contributed by atoms with Gasteiger partial charge in [0.05, 0.1) is 39.9 Å². The molecular weight excluding hydrogens is 924 g/mol. The van der Waals surface area contributed by atoms with Crippen LogP contribution in [0.25, 0.3) is 0 Å². The van der Waals surface area contributed by atoms with Gasteiger partial charge in [-0.1, -0.05) is 265 Å². The van der Waals surface area contributed by atoms with E-state index in [1.54, 1.807) is 6.08 Å². The summed E-state index contributed by atoms with van der Waals surface area (Å²) in [4.78, 5) is 23.3. The van der Waals surface area contributed by atoms with Crippen LogP contribution in [0.3, 0.4) is 0 Å². The monoisotopic (exact) mass is 1040 g/mol. The summed E-state index contributed by atoms with van der Waals surface area (Å²) in [6.45, 7) is 4.70. The number of quaternary nitrogens is 1. The number of phosphoric ester groups is 1. The number of unbranched alkanes of at least 4 members (excludes halogenated alkanes) is 27. The lowest BCUT2D eigenvalue weighted by molar-refractivity contribution is -0.870. The van der Waals surface area contributed by atoms with E-state index < -0.39 is 20.0 Å². The van der Waals surface area contributed by atoms with E-state index in [9.17, 15) is 19.4 Å². The zero-order valence-electron chi connectivity index (χ0n) is 48.1. The zero-order chi connectivity index (χ0) is 53.5. The molecule has 3 unspecified atom stereocenters. The van der Waals surface area contributed by atoms with Crippen LogP contribution in [0.5, 0.6) is 0 Å². The molecule has 0 aliphatic carbocycles. The standard InChI is InChI=1S/C64H115N2O6P/c1-6-8-10-12-14-16-18-20-22-24-26-28-30-32-33-34-36-38-40-42-44-46-48-50-52-54-56-58-64(68)65-62(61-72-73(69,70)71-60-59-66(3,4)5)63(67)57-55-53-51-49-47-45-43-41-39-37-35-31-29-27-25-23-21-19-17-15-13-11-9-7-2/h8,10,14,16,20,22,26,28,32-33,36,38,42,44,55,57,62-63,67H,6-7,9,11-13,15,17-19,21,23-25,27,29-31,34-35,37,39-41,43,45-54,56,58-61H2,1-5H3,(H-,65,68,69,70)/p+1/b10-8-,16-14-,22-20-,28-26-,33-32-,38-36-,44-42-,57-55+. The number of nitrogens with zero attached hydrogens (tertiary/aromatic N) is 1. The summed E-state index contributed by atoms with van der Waals surface area (Å²) in [7, 11) is 1.55. The maximum absolute atomic E-state index is 13.0. The maximum atomic E-state index is 13.0. The van der Waals surface area contributed by atoms with E-state index in [0.29, 0.717) is 17.4 Å². The Morgan fingerprint density at radius 1 is 0.479 bits per heavy atom. The van der Waals surface area contributed by atoms with Crippen molar-refractivity contribution in [3.63, 3.8) is 0 Å². The fourth-order valence-corrected chi connectivity index (χ4v) is 9.11. The van der Waals surface area contributed by atoms with Gasteiger partial charge in [0.25, 0.3) is 0 Å². The summed E-state index contributed by atoms with van der Waals surface area (Å²) in [6.07, 6.45) is 77.9. The highest BCUT2D eigenvalue weighted by molar-refractivity contribution is 7.47. The number of allylic oxidation sites excluding steroid dienone is 15. The molecule has 0 spiro atoms. The third kappa shape index (κ3) is 57.0. The second kappa shape index (κ2) is 54.2. The molecule has 0 radical (unpaired) electrons. The molecule has 0 fully saturated rings. The number of carbonyl (C=O) groups is 1. The summed E-state index contributed by atoms with van der Waals surface area (Å²) >= 11 is 0. The number of aliphatic hydroxyl groups is 1. The lowest BCUT2D eigenvalue weighted by Gasteiger charge is -2.25. The first-order valence-corrected chi connectivity index (χ1v) is 31.6. The number of hydrogen-bond donors (Lipinski definition) is 3. The Labute approximate surface area is 451 Å². The van der Waals surface area contributed by atoms with Gasteiger partial charge >= 0.3 is 7.82 Å². The van der Waals surface area contributed by atoms with Crippen LogP contribution in [-0.2, 0) is 18.4 Å². The van der Waals surface area contributed by atoms with Crippen LogP contribution in [0.4, 0.5) is 0 Å². The largest absolute Gasteiger partial charge is 0.472 e. The van der Waals surface area contributed by atoms with Gasteiger partial charge in [-0.25, -0.2) is 4.57 Å². The number of likely N-dealkylation sites (N-methyl/N-ethyl adjacent to an activating group) is 1. The van der Waals surface area contributed by atoms with E-state index >= 15 is 0 Å². The van der Waals surface area contributed by atoms with Crippen molar-refractivity contribution in [2.24, 2.45) is 0 Å². The Morgan fingerprint density at radius 2 is 0.822 bits per heavy atom. The molecular formula is C64H116N2O6P+. The van der Waals surface area contributed by atoms with Crippen LogP contribution in [0.2, 0.25) is 0 Å². The maximum Gasteiger partial charge on any atom is 0.472 e. The predicted molar refractivity (Wildman–Crippen MR) is 318 cm³/mol. The zero-order valence-corrected chi connectivity index (χ0v) is 49.0. The highest BCUT2D eigenvalue weighted by Crippen LogP contribution is 2.43. The molecule has 3 atom stereocenters. The van der Waals surface area contributed by atoms with Crippen molar-refractivity contribution in [2.75, 3.05) is 40.9 Å². The fourth-order valence-electron chi connectivity index (χ4n) is 8.38. The van der Waals surface area contributed by atoms with Gasteiger partial charge in [-0.15, -0.1) is 0 Å². The first-order valence-electron chi connectivity index (χ1n) is 30.1. The molecule has 9 heteroatoms. The van der Waals surface area contributed by atoms with E-state index in [-0.39, 0.29) is 19.1 Å². The average molecular weight is 1040 g/mol. The summed E-state index contributed by atoms with van der Waals surface area (Å²) < 4.78 is 23.7. The normalized spacial score (nSPS) is 14.6. The fraction of sp³-hybridized carbons (Fsp3) is 0.734. The van der Waals surface area contributed by atoms with E-state index in [2.05, 4.69) is 104 Å². The first kappa shape index (κ1) is 70.4. The summed E-state index contributed by atoms with van der Waals surface area (Å²) in [5.41, 5.74) is 0. The van der Waals surface area contributed by atoms with E-state index in [4.69, 9.17) is 9.05 Å². The number of hydrogen-bond acceptors (Lipinski definition) is 5. The highest BCUT2D eigenvalue weighted by atomic mass is 31.2. The molecule has 0 rings (SSSR count). The minimum atomic E-state index is -4.36. The van der Waals surface area contributed by atoms with Gasteiger partial charge < -0.3 is 19.8 Å². The molecule has 1 amide bonds. The van der Waals surface area contributed by atoms with Gasteiger partial charge in [-0.2, -0.15) is 0 Å². The Balaban J connectivity index is 4.28. The van der Waals surface area contributed by atoms with E-state index in [1.165, 1.54) is 128 Å². The van der Waals surface area contributed by atoms with Crippen LogP contribution in [-0.4, -0.2) is 73.4 Å². The molecule has 0 saturated carbocycles. The molecule has 0 aliphatic rings. The predicted octanol–water partition coefficient (Wildman–Crippen LogP) is 18.6. The number of amides is 1. The molecule has 0 heterocycles. The lowest BCUT2D eigenvalue weighted by Crippen LogP contribution is -2.45. The Kier molecular flexibility index (Phi) is 52.3. The lowest BCUT2D eigenvalue weighted by atomic mass is 10.0. The van der Waals surface area contributed by atoms with Gasteiger partial charge in [0, 0.05) is 6.42 Å². The van der Waals surface area contributed by atoms with Crippen molar-refractivity contribution in [3.05, 3.63) is 97.2 Å². The number of aliphatic hydroxyl groups excluding tert-OH is 1. The van der Waals surface area contributed by atoms with Crippen molar-refractivity contribution in [1.82, 2.24) is 5.32 Å². The van der Waals surface area contributed by atoms with Crippen LogP contribution in [0.1, 0.15) is 251 Å². The van der Waals surface area contributed by atoms with E-state index in [0.717, 1.165) is 103 Å². The number of nitrogens with one attached hydrogen (secondary N) is 1. The topological polar surface area (TPSA) is 105 Å². The SMILES string of the molecule is CC/C=C\C/C=C\C/C=C\C/C=C\C/C=C\C/C=C\C/C=C\CCCCCCCC(=O)NC(COP(=O)(O)OCC[N+](C)(C)C)C(O)/C=C/CCCCCCCCCCCCCCCCCCCCCCCC. The quantitative estimate of drug-likeness (QED) is 0.0243. The highest BCUT2D eigenvalue weighted by Gasteiger charge is 2.27. The molecule has 0 bridgehead atoms. The molecule has 0 aliphatic heterocycles. The van der Waals surface area contributed by atoms with Gasteiger partial charge in [-0.3, -0.25) is 13.8 Å². The van der Waals surface area contributed by atoms with Crippen molar-refractivity contribution < 1.29 is 32.9 Å². The van der Waals surface area contributed by atoms with Crippen LogP contribution >= 0.6 is 7.82 Å². The number of carbonyl (C=O) groups excluding carboxylic acids is 1. The molecule has 73 heavy (non-hydrogen) atoms. The van der Waals surface area contributed by atoms with Crippen LogP contribution in [0, 0.1) is 0 Å². The molecule has 0 aromatic carbocycles. The van der Waals surface area contributed by atoms with Crippen LogP contribution < -0.4 is 5.32 Å². The van der Waals surface area contributed by atoms with E-state index in [1.807, 2.05) is 27.2 Å². The smallest absolute Gasteiger partial charge is 0.387 e. The minimum absolute atomic E-state index is 0.0525. The Bertz CT molecular complexity index is 1510. The average Bonchev–Trinajstić information content (AvgIpc) is 3.35. The second-order valence-corrected chi connectivity index (χ2v) is 22.8. The van der Waals surface area contributed by atoms with Crippen molar-refractivity contribution >= 4 is 13.7 Å². The van der Waals surface area contributed by atoms with Gasteiger partial charge in [0.15, 0.2) is 0 Å². The van der Waals surface area contributed by atoms with Crippen molar-refractivity contribution in [3.8, 4) is 0 Å². The van der Waals surface area contributed by atoms with Gasteiger partial charge in [0.2, 0.25) is 5.91 Å². The summed E-state index contributed by atoms with van der Waals surface area (Å²) in [6, 6.07) is -0.865. The molecule has 0 aromatic heterocycles. The van der Waals surface area contributed by atoms with Gasteiger partial charge in [0.1, 0.15) is 13.2 Å². The third-order valence-electron chi connectivity index (χ3n) is 13.1. The minimum Gasteiger partial charge on any atom is -0.387 e. The second-order valence-electron chi connectivity index (χ2n) is 21.3. The van der Waals surface area contributed by atoms with Crippen LogP contribution in [0.15, 0.2) is 97.2 Å². The van der Waals surface area contributed by atoms with Crippen molar-refractivity contribution in [2.45, 2.75) is 264 Å². The van der Waals surface area contributed by atoms with Crippen molar-refractivity contribution in [1.29, 1.82) is 0 Å². The summed E-state index contributed by atoms with van der Waals surface area (Å²) in [5.74, 6) is -0.198. The Morgan fingerprint density at radius 3 is 1.21 bits per heavy atom. The Hall–Kier alpha value is -2.58. The third-order valence-corrected chi connectivity index (χ3v) is 14.0. The first-order chi connectivity index (χ1) is 35.5. The molecule has 3 N–H and O–H groups in total. The molecule has 8 nitrogen and oxygen atoms in total. The molecule has 422 valence electrons. The number of rotatable bonds is 54. The molecule has 0 aromatic rings. The summed E-state index contributed by atoms with van der Waals surface area (Å²) in [5, 5.41) is 14.0. The van der Waals surface area contributed by atoms with Gasteiger partial charge in [-0.05, 0) is 77.0 Å².